The highest BCUT2D eigenvalue weighted by molar-refractivity contribution is 5.84. The normalized spacial score (nSPS) is 10.7. The number of aryl methyl sites for hydroxylation is 1. The van der Waals surface area contributed by atoms with Crippen molar-refractivity contribution in [3.8, 4) is 28.7 Å². The summed E-state index contributed by atoms with van der Waals surface area (Å²) in [4.78, 5) is 12.6. The third-order valence-corrected chi connectivity index (χ3v) is 3.99. The van der Waals surface area contributed by atoms with Gasteiger partial charge in [0, 0.05) is 17.3 Å². The van der Waals surface area contributed by atoms with Crippen LogP contribution in [-0.4, -0.2) is 15.0 Å². The van der Waals surface area contributed by atoms with Gasteiger partial charge in [0.2, 0.25) is 0 Å². The molecule has 0 aliphatic rings. The van der Waals surface area contributed by atoms with Crippen LogP contribution in [-0.2, 0) is 0 Å². The molecule has 0 bridgehead atoms. The Morgan fingerprint density at radius 2 is 1.88 bits per heavy atom. The van der Waals surface area contributed by atoms with Crippen LogP contribution in [0.2, 0.25) is 0 Å². The van der Waals surface area contributed by atoms with Gasteiger partial charge >= 0.3 is 0 Å². The lowest BCUT2D eigenvalue weighted by Crippen LogP contribution is -1.90. The van der Waals surface area contributed by atoms with E-state index >= 15 is 0 Å². The number of fused-ring (bicyclic) bond motifs is 1. The number of aromatic amines is 1. The number of nitriles is 1. The molecule has 0 atom stereocenters. The Bertz CT molecular complexity index is 1070. The Morgan fingerprint density at radius 1 is 1.04 bits per heavy atom. The highest BCUT2D eigenvalue weighted by Gasteiger charge is 2.12. The van der Waals surface area contributed by atoms with Crippen molar-refractivity contribution >= 4 is 11.0 Å². The van der Waals surface area contributed by atoms with Crippen molar-refractivity contribution in [2.24, 2.45) is 0 Å². The van der Waals surface area contributed by atoms with Crippen LogP contribution >= 0.6 is 0 Å². The minimum absolute atomic E-state index is 0.635. The van der Waals surface area contributed by atoms with Crippen LogP contribution in [0.25, 0.3) is 33.7 Å². The SMILES string of the molecule is Cc1ccc2nc(-c3cccnc3-c3ccc(C#N)cc3)[nH]c2c1. The fraction of sp³-hybridized carbons (Fsp3) is 0.0500. The van der Waals surface area contributed by atoms with Gasteiger partial charge < -0.3 is 4.98 Å². The molecule has 4 heteroatoms. The molecule has 0 saturated carbocycles. The number of pyridine rings is 1. The van der Waals surface area contributed by atoms with Crippen LogP contribution in [0.4, 0.5) is 0 Å². The summed E-state index contributed by atoms with van der Waals surface area (Å²) in [6.45, 7) is 2.06. The van der Waals surface area contributed by atoms with Crippen LogP contribution < -0.4 is 0 Å². The molecular formula is C20H14N4. The lowest BCUT2D eigenvalue weighted by molar-refractivity contribution is 1.27. The van der Waals surface area contributed by atoms with Crippen molar-refractivity contribution in [1.82, 2.24) is 15.0 Å². The van der Waals surface area contributed by atoms with Crippen molar-refractivity contribution in [3.63, 3.8) is 0 Å². The fourth-order valence-electron chi connectivity index (χ4n) is 2.78. The zero-order valence-corrected chi connectivity index (χ0v) is 13.1. The van der Waals surface area contributed by atoms with Gasteiger partial charge in [-0.2, -0.15) is 5.26 Å². The quantitative estimate of drug-likeness (QED) is 0.594. The van der Waals surface area contributed by atoms with E-state index in [9.17, 15) is 0 Å². The molecular weight excluding hydrogens is 296 g/mol. The number of aromatic nitrogens is 3. The summed E-state index contributed by atoms with van der Waals surface area (Å²) >= 11 is 0. The van der Waals surface area contributed by atoms with Gasteiger partial charge in [-0.05, 0) is 48.9 Å². The van der Waals surface area contributed by atoms with Crippen molar-refractivity contribution in [1.29, 1.82) is 5.26 Å². The minimum atomic E-state index is 0.635. The summed E-state index contributed by atoms with van der Waals surface area (Å²) in [6, 6.07) is 19.6. The molecule has 0 fully saturated rings. The first kappa shape index (κ1) is 14.2. The molecule has 2 heterocycles. The molecule has 0 spiro atoms. The van der Waals surface area contributed by atoms with Gasteiger partial charge in [0.25, 0.3) is 0 Å². The van der Waals surface area contributed by atoms with Gasteiger partial charge in [0.1, 0.15) is 5.82 Å². The summed E-state index contributed by atoms with van der Waals surface area (Å²) in [5.41, 5.74) is 6.52. The standard InChI is InChI=1S/C20H14N4/c1-13-4-9-17-18(11-13)24-20(23-17)16-3-2-10-22-19(16)15-7-5-14(12-21)6-8-15/h2-11H,1H3,(H,23,24). The molecule has 4 aromatic rings. The number of rotatable bonds is 2. The summed E-state index contributed by atoms with van der Waals surface area (Å²) in [5.74, 6) is 0.794. The van der Waals surface area contributed by atoms with E-state index in [0.717, 1.165) is 33.7 Å². The van der Waals surface area contributed by atoms with Crippen molar-refractivity contribution in [2.45, 2.75) is 6.92 Å². The molecule has 0 amide bonds. The number of hydrogen-bond acceptors (Lipinski definition) is 3. The van der Waals surface area contributed by atoms with E-state index in [4.69, 9.17) is 10.2 Å². The highest BCUT2D eigenvalue weighted by atomic mass is 14.9. The van der Waals surface area contributed by atoms with E-state index in [1.807, 2.05) is 30.3 Å². The summed E-state index contributed by atoms with van der Waals surface area (Å²) in [7, 11) is 0. The van der Waals surface area contributed by atoms with Crippen LogP contribution in [0.5, 0.6) is 0 Å². The molecule has 2 aromatic heterocycles. The first-order chi connectivity index (χ1) is 11.7. The van der Waals surface area contributed by atoms with Gasteiger partial charge in [-0.1, -0.05) is 18.2 Å². The van der Waals surface area contributed by atoms with Gasteiger partial charge in [0.05, 0.1) is 28.4 Å². The average molecular weight is 310 g/mol. The van der Waals surface area contributed by atoms with Crippen LogP contribution in [0.15, 0.2) is 60.8 Å². The molecule has 0 saturated heterocycles. The van der Waals surface area contributed by atoms with Crippen LogP contribution in [0.3, 0.4) is 0 Å². The average Bonchev–Trinajstić information content (AvgIpc) is 3.05. The molecule has 24 heavy (non-hydrogen) atoms. The predicted molar refractivity (Wildman–Crippen MR) is 94.2 cm³/mol. The molecule has 0 unspecified atom stereocenters. The number of hydrogen-bond donors (Lipinski definition) is 1. The summed E-state index contributed by atoms with van der Waals surface area (Å²) in [5, 5.41) is 8.95. The largest absolute Gasteiger partial charge is 0.338 e. The molecule has 0 aliphatic heterocycles. The summed E-state index contributed by atoms with van der Waals surface area (Å²) < 4.78 is 0. The van der Waals surface area contributed by atoms with Crippen molar-refractivity contribution < 1.29 is 0 Å². The number of nitrogens with zero attached hydrogens (tertiary/aromatic N) is 3. The van der Waals surface area contributed by atoms with Crippen molar-refractivity contribution in [2.75, 3.05) is 0 Å². The molecule has 0 aliphatic carbocycles. The van der Waals surface area contributed by atoms with E-state index in [1.165, 1.54) is 5.56 Å². The van der Waals surface area contributed by atoms with Crippen molar-refractivity contribution in [3.05, 3.63) is 71.9 Å². The minimum Gasteiger partial charge on any atom is -0.338 e. The lowest BCUT2D eigenvalue weighted by Gasteiger charge is -2.06. The Balaban J connectivity index is 1.87. The second-order valence-corrected chi connectivity index (χ2v) is 5.69. The van der Waals surface area contributed by atoms with Gasteiger partial charge in [-0.3, -0.25) is 4.98 Å². The molecule has 114 valence electrons. The number of nitrogens with one attached hydrogen (secondary N) is 1. The molecule has 4 nitrogen and oxygen atoms in total. The van der Waals surface area contributed by atoms with E-state index < -0.39 is 0 Å². The third kappa shape index (κ3) is 2.42. The Morgan fingerprint density at radius 3 is 2.67 bits per heavy atom. The number of benzene rings is 2. The van der Waals surface area contributed by atoms with E-state index in [1.54, 1.807) is 18.3 Å². The first-order valence-corrected chi connectivity index (χ1v) is 7.67. The topological polar surface area (TPSA) is 65.4 Å². The second-order valence-electron chi connectivity index (χ2n) is 5.69. The third-order valence-electron chi connectivity index (χ3n) is 3.99. The number of imidazole rings is 1. The van der Waals surface area contributed by atoms with E-state index in [0.29, 0.717) is 5.56 Å². The molecule has 1 N–H and O–H groups in total. The zero-order chi connectivity index (χ0) is 16.5. The Hall–Kier alpha value is -3.45. The zero-order valence-electron chi connectivity index (χ0n) is 13.1. The smallest absolute Gasteiger partial charge is 0.140 e. The van der Waals surface area contributed by atoms with E-state index in [-0.39, 0.29) is 0 Å². The molecule has 2 aromatic carbocycles. The van der Waals surface area contributed by atoms with Gasteiger partial charge in [-0.25, -0.2) is 4.98 Å². The summed E-state index contributed by atoms with van der Waals surface area (Å²) in [6.07, 6.45) is 1.77. The monoisotopic (exact) mass is 310 g/mol. The molecule has 4 rings (SSSR count). The highest BCUT2D eigenvalue weighted by Crippen LogP contribution is 2.30. The Kier molecular flexibility index (Phi) is 3.33. The van der Waals surface area contributed by atoms with Crippen LogP contribution in [0, 0.1) is 18.3 Å². The lowest BCUT2D eigenvalue weighted by atomic mass is 10.0. The predicted octanol–water partition coefficient (Wildman–Crippen LogP) is 4.47. The fourth-order valence-corrected chi connectivity index (χ4v) is 2.78. The van der Waals surface area contributed by atoms with Gasteiger partial charge in [0.15, 0.2) is 0 Å². The maximum Gasteiger partial charge on any atom is 0.140 e. The Labute approximate surface area is 139 Å². The first-order valence-electron chi connectivity index (χ1n) is 7.67. The molecule has 0 radical (unpaired) electrons. The van der Waals surface area contributed by atoms with E-state index in [2.05, 4.69) is 35.1 Å². The van der Waals surface area contributed by atoms with Crippen LogP contribution in [0.1, 0.15) is 11.1 Å². The maximum atomic E-state index is 8.95. The second kappa shape index (κ2) is 5.64. The number of H-pyrrole nitrogens is 1. The van der Waals surface area contributed by atoms with Gasteiger partial charge in [-0.15, -0.1) is 0 Å². The maximum absolute atomic E-state index is 8.95.